The Kier molecular flexibility index (Phi) is 12.8. The lowest BCUT2D eigenvalue weighted by molar-refractivity contribution is -0.140. The van der Waals surface area contributed by atoms with Crippen LogP contribution in [0.1, 0.15) is 93.2 Å². The highest BCUT2D eigenvalue weighted by atomic mass is 35.5. The van der Waals surface area contributed by atoms with Gasteiger partial charge in [-0.2, -0.15) is 0 Å². The average Bonchev–Trinajstić information content (AvgIpc) is 3.59. The number of imidazole rings is 2. The summed E-state index contributed by atoms with van der Waals surface area (Å²) < 4.78 is 0. The van der Waals surface area contributed by atoms with Crippen molar-refractivity contribution < 1.29 is 9.59 Å². The molecular weight excluding hydrogens is 844 g/mol. The van der Waals surface area contributed by atoms with Crippen molar-refractivity contribution in [3.8, 4) is 33.6 Å². The molecule has 2 aliphatic heterocycles. The van der Waals surface area contributed by atoms with Gasteiger partial charge in [-0.3, -0.25) is 19.4 Å². The summed E-state index contributed by atoms with van der Waals surface area (Å²) in [4.78, 5) is 54.9. The van der Waals surface area contributed by atoms with Gasteiger partial charge in [0.2, 0.25) is 11.8 Å². The number of hydrogen-bond acceptors (Lipinski definition) is 6. The van der Waals surface area contributed by atoms with Crippen LogP contribution in [-0.4, -0.2) is 97.8 Å². The van der Waals surface area contributed by atoms with E-state index in [9.17, 15) is 9.59 Å². The number of likely N-dealkylation sites (tertiary alicyclic amines) is 1. The molecule has 2 saturated heterocycles. The highest BCUT2D eigenvalue weighted by molar-refractivity contribution is 6.78. The van der Waals surface area contributed by atoms with Crippen LogP contribution in [0.15, 0.2) is 109 Å². The fourth-order valence-electron chi connectivity index (χ4n) is 10.7. The number of nitrogens with one attached hydrogen (secondary N) is 2. The molecule has 6 aromatic rings. The summed E-state index contributed by atoms with van der Waals surface area (Å²) in [6.45, 7) is 22.9. The highest BCUT2D eigenvalue weighted by Gasteiger charge is 2.56. The minimum Gasteiger partial charge on any atom is -0.343 e. The minimum atomic E-state index is -1.75. The van der Waals surface area contributed by atoms with E-state index in [0.29, 0.717) is 28.2 Å². The number of aromatic nitrogens is 4. The number of halogens is 1. The molecule has 10 nitrogen and oxygen atoms in total. The minimum absolute atomic E-state index is 0.120. The highest BCUT2D eigenvalue weighted by Crippen LogP contribution is 2.54. The number of fused-ring (bicyclic) bond motifs is 1. The average molecular weight is 906 g/mol. The van der Waals surface area contributed by atoms with Gasteiger partial charge in [-0.05, 0) is 73.2 Å². The Morgan fingerprint density at radius 1 is 0.677 bits per heavy atom. The first kappa shape index (κ1) is 44.9. The van der Waals surface area contributed by atoms with Gasteiger partial charge in [0.1, 0.15) is 34.6 Å². The van der Waals surface area contributed by atoms with Gasteiger partial charge in [-0.1, -0.05) is 162 Å². The summed E-state index contributed by atoms with van der Waals surface area (Å²) in [7, 11) is -1.75. The van der Waals surface area contributed by atoms with Crippen LogP contribution >= 0.6 is 11.6 Å². The molecule has 2 radical (unpaired) electrons. The second-order valence-electron chi connectivity index (χ2n) is 18.8. The number of likely N-dealkylation sites (N-methyl/N-ethyl adjacent to an activating group) is 2. The van der Waals surface area contributed by atoms with Crippen molar-refractivity contribution in [1.29, 1.82) is 0 Å². The quantitative estimate of drug-likeness (QED) is 0.0995. The molecule has 9 rings (SSSR count). The molecule has 1 aliphatic carbocycles. The van der Waals surface area contributed by atoms with Crippen molar-refractivity contribution in [2.75, 3.05) is 32.3 Å². The van der Waals surface area contributed by atoms with Gasteiger partial charge in [0.25, 0.3) is 0 Å². The Morgan fingerprint density at radius 2 is 1.15 bits per heavy atom. The molecule has 0 unspecified atom stereocenters. The van der Waals surface area contributed by atoms with Crippen LogP contribution in [0.2, 0.25) is 24.3 Å². The van der Waals surface area contributed by atoms with E-state index >= 15 is 0 Å². The van der Waals surface area contributed by atoms with Gasteiger partial charge in [0.05, 0.1) is 25.9 Å². The molecule has 6 atom stereocenters. The number of aromatic amines is 2. The Morgan fingerprint density at radius 3 is 1.69 bits per heavy atom. The van der Waals surface area contributed by atoms with Crippen molar-refractivity contribution in [2.24, 2.45) is 5.92 Å². The molecule has 3 fully saturated rings. The third-order valence-corrected chi connectivity index (χ3v) is 17.1. The first-order valence-electron chi connectivity index (χ1n) is 23.5. The topological polar surface area (TPSA) is 104 Å². The maximum Gasteiger partial charge on any atom is 0.245 e. The van der Waals surface area contributed by atoms with E-state index in [1.807, 2.05) is 36.4 Å². The van der Waals surface area contributed by atoms with E-state index in [1.54, 1.807) is 0 Å². The van der Waals surface area contributed by atoms with Crippen LogP contribution in [0, 0.1) is 12.8 Å². The molecule has 3 aliphatic rings. The largest absolute Gasteiger partial charge is 0.343 e. The molecule has 2 aromatic heterocycles. The van der Waals surface area contributed by atoms with E-state index in [4.69, 9.17) is 28.5 Å². The van der Waals surface area contributed by atoms with Crippen molar-refractivity contribution in [3.05, 3.63) is 150 Å². The van der Waals surface area contributed by atoms with Gasteiger partial charge >= 0.3 is 0 Å². The molecule has 0 spiro atoms. The monoisotopic (exact) mass is 904 g/mol. The lowest BCUT2D eigenvalue weighted by Crippen LogP contribution is -2.44. The number of amides is 2. The second kappa shape index (κ2) is 18.5. The molecule has 2 N–H and O–H groups in total. The summed E-state index contributed by atoms with van der Waals surface area (Å²) in [5, 5.41) is 0.470. The maximum absolute atomic E-state index is 14.6. The van der Waals surface area contributed by atoms with Crippen LogP contribution in [0.5, 0.6) is 0 Å². The zero-order valence-electron chi connectivity index (χ0n) is 38.5. The third-order valence-electron chi connectivity index (χ3n) is 14.1. The second-order valence-corrected chi connectivity index (χ2v) is 24.2. The Hall–Kier alpha value is -5.33. The molecular formula is C53H61ClN8O2Si. The van der Waals surface area contributed by atoms with Crippen molar-refractivity contribution >= 4 is 31.5 Å². The van der Waals surface area contributed by atoms with Crippen molar-refractivity contribution in [2.45, 2.75) is 89.9 Å². The molecule has 1 saturated carbocycles. The van der Waals surface area contributed by atoms with Gasteiger partial charge in [-0.15, -0.1) is 0 Å². The summed E-state index contributed by atoms with van der Waals surface area (Å²) in [5.41, 5.74) is 7.81. The zero-order valence-corrected chi connectivity index (χ0v) is 40.2. The lowest BCUT2D eigenvalue weighted by atomic mass is 10.0. The molecule has 4 heterocycles. The summed E-state index contributed by atoms with van der Waals surface area (Å²) in [6, 6.07) is 37.0. The number of rotatable bonds is 15. The fraction of sp³-hybridized carbons (Fsp3) is 0.377. The van der Waals surface area contributed by atoms with Gasteiger partial charge in [-0.25, -0.2) is 9.97 Å². The molecule has 4 aromatic carbocycles. The summed E-state index contributed by atoms with van der Waals surface area (Å²) >= 11 is 6.94. The normalized spacial score (nSPS) is 21.0. The van der Waals surface area contributed by atoms with E-state index in [2.05, 4.69) is 143 Å². The van der Waals surface area contributed by atoms with Crippen LogP contribution in [0.3, 0.4) is 0 Å². The van der Waals surface area contributed by atoms with Crippen LogP contribution in [0.25, 0.3) is 33.6 Å². The van der Waals surface area contributed by atoms with E-state index in [0.717, 1.165) is 96.3 Å². The SMILES string of the molecule is [CH]c1[nH]c([C@@H]2C[C@H]3C[C@H]3N2C(=O)[C@@H](c2ccccc2)N(CC)CC)nc1-c1ccc(-c2ccc(-c3nc([C@@H]4C[Si](C)(C)CN4C(=O)[C@@H](c4ccccc4)N(CC)CC)[nH]c3Cl)cc2)cc1. The zero-order chi connectivity index (χ0) is 45.6. The number of carbonyl (C=O) groups excluding carboxylic acids is 2. The molecule has 65 heavy (non-hydrogen) atoms. The van der Waals surface area contributed by atoms with E-state index in [-0.39, 0.29) is 42.0 Å². The predicted molar refractivity (Wildman–Crippen MR) is 263 cm³/mol. The number of piperidine rings is 1. The van der Waals surface area contributed by atoms with Crippen LogP contribution < -0.4 is 0 Å². The Labute approximate surface area is 390 Å². The van der Waals surface area contributed by atoms with Crippen molar-refractivity contribution in [1.82, 2.24) is 39.5 Å². The summed E-state index contributed by atoms with van der Waals surface area (Å²) in [6.07, 6.45) is 2.69. The van der Waals surface area contributed by atoms with Crippen LogP contribution in [-0.2, 0) is 9.59 Å². The van der Waals surface area contributed by atoms with E-state index < -0.39 is 8.07 Å². The van der Waals surface area contributed by atoms with E-state index in [1.165, 1.54) is 0 Å². The smallest absolute Gasteiger partial charge is 0.245 e. The first-order valence-corrected chi connectivity index (χ1v) is 27.2. The fourth-order valence-corrected chi connectivity index (χ4v) is 13.8. The molecule has 0 bridgehead atoms. The number of carbonyl (C=O) groups is 2. The first-order chi connectivity index (χ1) is 31.4. The number of nitrogens with zero attached hydrogens (tertiary/aromatic N) is 6. The van der Waals surface area contributed by atoms with Gasteiger partial charge in [0, 0.05) is 36.0 Å². The number of H-pyrrole nitrogens is 2. The number of hydrogen-bond donors (Lipinski definition) is 2. The third kappa shape index (κ3) is 8.76. The van der Waals surface area contributed by atoms with Crippen molar-refractivity contribution in [3.63, 3.8) is 0 Å². The number of benzene rings is 4. The van der Waals surface area contributed by atoms with Gasteiger partial charge in [0.15, 0.2) is 0 Å². The molecule has 12 heteroatoms. The Balaban J connectivity index is 0.916. The molecule has 336 valence electrons. The maximum atomic E-state index is 14.6. The van der Waals surface area contributed by atoms with Gasteiger partial charge < -0.3 is 19.8 Å². The Bertz CT molecular complexity index is 2610. The summed E-state index contributed by atoms with van der Waals surface area (Å²) in [5.74, 6) is 2.23. The van der Waals surface area contributed by atoms with Crippen LogP contribution in [0.4, 0.5) is 0 Å². The lowest BCUT2D eigenvalue weighted by Gasteiger charge is -2.35. The molecule has 2 amide bonds. The predicted octanol–water partition coefficient (Wildman–Crippen LogP) is 10.8. The standard InChI is InChI=1S/C53H61ClN8O2Si/c1-8-59(9-2)47(39-18-14-12-15-19-39)52(63)61-33-65(6,7)32-44(61)51-57-46(49(54)58-51)38-28-24-36(25-29-38)35-22-26-37(27-23-35)45-34(5)55-50(56-45)43-31-41-30-42(41)62(43)53(64)48(60(10-3)11-4)40-20-16-13-17-21-40/h5,12-29,41-44,47-48H,8-11,30-33H2,1-4,6-7H3,(H,55,56)(H,57,58)/t41-,42-,43+,44+,47-,48-/m1/s1.